The summed E-state index contributed by atoms with van der Waals surface area (Å²) >= 11 is 0. The van der Waals surface area contributed by atoms with Crippen LogP contribution in [-0.4, -0.2) is 9.97 Å². The van der Waals surface area contributed by atoms with E-state index in [2.05, 4.69) is 14.8 Å². The molecule has 0 spiro atoms. The Balaban J connectivity index is 2.41. The van der Waals surface area contributed by atoms with Crippen LogP contribution in [0.4, 0.5) is 5.82 Å². The second kappa shape index (κ2) is 3.12. The molecule has 2 aromatic rings. The van der Waals surface area contributed by atoms with Gasteiger partial charge in [0.25, 0.3) is 0 Å². The molecule has 2 aromatic heterocycles. The normalized spacial score (nSPS) is 9.29. The van der Waals surface area contributed by atoms with Gasteiger partial charge in [0, 0.05) is 0 Å². The van der Waals surface area contributed by atoms with Crippen LogP contribution in [0.2, 0.25) is 0 Å². The summed E-state index contributed by atoms with van der Waals surface area (Å²) in [6.45, 7) is 6.79. The Morgan fingerprint density at radius 2 is 1.86 bits per heavy atom. The van der Waals surface area contributed by atoms with E-state index in [1.54, 1.807) is 24.3 Å². The number of rotatable bonds is 1. The molecule has 14 heavy (non-hydrogen) atoms. The van der Waals surface area contributed by atoms with E-state index in [4.69, 9.17) is 11.8 Å². The smallest absolute Gasteiger partial charge is 0.228 e. The second-order valence-corrected chi connectivity index (χ2v) is 2.77. The highest BCUT2D eigenvalue weighted by Gasteiger charge is 2.05. The van der Waals surface area contributed by atoms with Gasteiger partial charge in [0.05, 0.1) is 5.69 Å². The van der Waals surface area contributed by atoms with Crippen LogP contribution in [0.1, 0.15) is 5.69 Å². The van der Waals surface area contributed by atoms with Crippen LogP contribution in [0, 0.1) is 17.9 Å². The first-order valence-electron chi connectivity index (χ1n) is 3.99. The molecule has 66 valence electrons. The lowest BCUT2D eigenvalue weighted by Crippen LogP contribution is -1.77. The molecule has 0 atom stereocenters. The maximum atomic E-state index is 8.61. The highest BCUT2D eigenvalue weighted by molar-refractivity contribution is 5.60. The predicted octanol–water partition coefficient (Wildman–Crippen LogP) is 2.43. The van der Waals surface area contributed by atoms with E-state index < -0.39 is 0 Å². The van der Waals surface area contributed by atoms with Crippen LogP contribution in [0.5, 0.6) is 0 Å². The summed E-state index contributed by atoms with van der Waals surface area (Å²) in [6.07, 6.45) is 0. The minimum absolute atomic E-state index is 0.494. The van der Waals surface area contributed by atoms with Crippen molar-refractivity contribution in [2.75, 3.05) is 0 Å². The molecule has 0 amide bonds. The summed E-state index contributed by atoms with van der Waals surface area (Å²) < 4.78 is 0. The summed E-state index contributed by atoms with van der Waals surface area (Å²) in [5.41, 5.74) is 2.15. The largest absolute Gasteiger partial charge is 0.364 e. The fraction of sp³-hybridized carbons (Fsp3) is 0. The Morgan fingerprint density at radius 3 is 2.43 bits per heavy atom. The Kier molecular flexibility index (Phi) is 1.82. The number of nitriles is 1. The van der Waals surface area contributed by atoms with Crippen molar-refractivity contribution in [1.29, 1.82) is 5.26 Å². The van der Waals surface area contributed by atoms with Gasteiger partial charge in [-0.1, -0.05) is 6.57 Å². The van der Waals surface area contributed by atoms with E-state index >= 15 is 0 Å². The quantitative estimate of drug-likeness (QED) is 0.654. The number of aromatic amines is 2. The van der Waals surface area contributed by atoms with Gasteiger partial charge in [-0.3, -0.25) is 0 Å². The number of nitrogens with zero attached hydrogens (tertiary/aromatic N) is 2. The molecule has 0 aliphatic carbocycles. The van der Waals surface area contributed by atoms with E-state index in [1.807, 2.05) is 6.07 Å². The van der Waals surface area contributed by atoms with E-state index in [9.17, 15) is 0 Å². The Bertz CT molecular complexity index is 483. The van der Waals surface area contributed by atoms with Gasteiger partial charge in [0.15, 0.2) is 0 Å². The minimum atomic E-state index is 0.494. The number of aromatic nitrogens is 2. The summed E-state index contributed by atoms with van der Waals surface area (Å²) in [6, 6.07) is 9.02. The van der Waals surface area contributed by atoms with Gasteiger partial charge in [0.2, 0.25) is 5.82 Å². The van der Waals surface area contributed by atoms with Crippen molar-refractivity contribution < 1.29 is 0 Å². The lowest BCUT2D eigenvalue weighted by atomic mass is 10.3. The van der Waals surface area contributed by atoms with Gasteiger partial charge in [-0.2, -0.15) is 5.26 Å². The maximum absolute atomic E-state index is 8.61. The zero-order valence-corrected chi connectivity index (χ0v) is 7.20. The molecule has 0 unspecified atom stereocenters. The second-order valence-electron chi connectivity index (χ2n) is 2.77. The maximum Gasteiger partial charge on any atom is 0.228 e. The molecule has 0 saturated heterocycles. The summed E-state index contributed by atoms with van der Waals surface area (Å²) in [7, 11) is 0. The standard InChI is InChI=1S/C10H6N4/c1-12-10-5-4-9(14-10)8-3-2-7(6-11)13-8/h2-5,13-14H. The lowest BCUT2D eigenvalue weighted by molar-refractivity contribution is 1.30. The zero-order valence-electron chi connectivity index (χ0n) is 7.20. The van der Waals surface area contributed by atoms with Crippen molar-refractivity contribution in [2.45, 2.75) is 0 Å². The average molecular weight is 182 g/mol. The summed E-state index contributed by atoms with van der Waals surface area (Å²) in [4.78, 5) is 9.10. The highest BCUT2D eigenvalue weighted by atomic mass is 14.9. The lowest BCUT2D eigenvalue weighted by Gasteiger charge is -1.87. The zero-order chi connectivity index (χ0) is 9.97. The third-order valence-corrected chi connectivity index (χ3v) is 1.89. The first-order chi connectivity index (χ1) is 6.83. The Labute approximate surface area is 80.6 Å². The Hall–Kier alpha value is -2.46. The van der Waals surface area contributed by atoms with Crippen molar-refractivity contribution in [2.24, 2.45) is 0 Å². The molecule has 0 aliphatic heterocycles. The summed E-state index contributed by atoms with van der Waals surface area (Å²) in [5.74, 6) is 0.494. The van der Waals surface area contributed by atoms with Crippen LogP contribution in [-0.2, 0) is 0 Å². The molecule has 0 aliphatic rings. The van der Waals surface area contributed by atoms with Crippen molar-refractivity contribution in [3.63, 3.8) is 0 Å². The van der Waals surface area contributed by atoms with Gasteiger partial charge >= 0.3 is 0 Å². The average Bonchev–Trinajstić information content (AvgIpc) is 2.86. The number of hydrogen-bond acceptors (Lipinski definition) is 1. The van der Waals surface area contributed by atoms with E-state index in [0.29, 0.717) is 11.5 Å². The fourth-order valence-electron chi connectivity index (χ4n) is 1.22. The molecular formula is C10H6N4. The third kappa shape index (κ3) is 1.26. The molecule has 2 rings (SSSR count). The molecule has 0 saturated carbocycles. The molecule has 0 fully saturated rings. The van der Waals surface area contributed by atoms with Gasteiger partial charge in [-0.05, 0) is 24.3 Å². The van der Waals surface area contributed by atoms with Gasteiger partial charge in [-0.25, -0.2) is 0 Å². The summed E-state index contributed by atoms with van der Waals surface area (Å²) in [5, 5.41) is 8.61. The molecule has 2 N–H and O–H groups in total. The molecule has 2 heterocycles. The van der Waals surface area contributed by atoms with Crippen molar-refractivity contribution in [3.8, 4) is 17.5 Å². The SMILES string of the molecule is [C-]#[N+]c1ccc(-c2ccc(C#N)[nH]2)[nH]1. The fourth-order valence-corrected chi connectivity index (χ4v) is 1.22. The molecule has 4 heteroatoms. The molecule has 0 aromatic carbocycles. The molecule has 4 nitrogen and oxygen atoms in total. The third-order valence-electron chi connectivity index (χ3n) is 1.89. The van der Waals surface area contributed by atoms with Gasteiger partial charge in [0.1, 0.15) is 17.5 Å². The monoisotopic (exact) mass is 182 g/mol. The Morgan fingerprint density at radius 1 is 1.14 bits per heavy atom. The van der Waals surface area contributed by atoms with Gasteiger partial charge < -0.3 is 14.8 Å². The first kappa shape index (κ1) is 8.15. The molecular weight excluding hydrogens is 176 g/mol. The van der Waals surface area contributed by atoms with Crippen molar-refractivity contribution >= 4 is 5.82 Å². The van der Waals surface area contributed by atoms with Crippen LogP contribution in [0.15, 0.2) is 24.3 Å². The van der Waals surface area contributed by atoms with Gasteiger partial charge in [-0.15, -0.1) is 0 Å². The topological polar surface area (TPSA) is 59.7 Å². The van der Waals surface area contributed by atoms with Crippen LogP contribution in [0.3, 0.4) is 0 Å². The van der Waals surface area contributed by atoms with Crippen LogP contribution >= 0.6 is 0 Å². The number of nitrogens with one attached hydrogen (secondary N) is 2. The van der Waals surface area contributed by atoms with E-state index in [-0.39, 0.29) is 0 Å². The van der Waals surface area contributed by atoms with E-state index in [0.717, 1.165) is 11.4 Å². The predicted molar refractivity (Wildman–Crippen MR) is 51.6 cm³/mol. The number of H-pyrrole nitrogens is 2. The van der Waals surface area contributed by atoms with Crippen molar-refractivity contribution in [3.05, 3.63) is 41.4 Å². The van der Waals surface area contributed by atoms with E-state index in [1.165, 1.54) is 0 Å². The molecule has 0 bridgehead atoms. The first-order valence-corrected chi connectivity index (χ1v) is 3.99. The minimum Gasteiger partial charge on any atom is -0.364 e. The number of hydrogen-bond donors (Lipinski definition) is 2. The van der Waals surface area contributed by atoms with Crippen LogP contribution < -0.4 is 0 Å². The highest BCUT2D eigenvalue weighted by Crippen LogP contribution is 2.20. The van der Waals surface area contributed by atoms with Crippen molar-refractivity contribution in [1.82, 2.24) is 9.97 Å². The molecule has 0 radical (unpaired) electrons. The van der Waals surface area contributed by atoms with Crippen LogP contribution in [0.25, 0.3) is 16.2 Å².